The largest absolute Gasteiger partial charge is 0.459 e. The Balaban J connectivity index is 1.92. The molecule has 0 aromatic carbocycles. The molecule has 0 aromatic rings. The maximum absolute atomic E-state index is 12.4. The van der Waals surface area contributed by atoms with Crippen LogP contribution in [0, 0.1) is 11.8 Å². The van der Waals surface area contributed by atoms with Crippen molar-refractivity contribution >= 4 is 33.9 Å². The summed E-state index contributed by atoms with van der Waals surface area (Å²) in [5.74, 6) is -1.43. The molecule has 3 saturated heterocycles. The number of hydrogen-bond donors (Lipinski definition) is 0. The molecular formula is C13H16BrNO5. The number of fused-ring (bicyclic) bond motifs is 1. The molecule has 1 aliphatic carbocycles. The summed E-state index contributed by atoms with van der Waals surface area (Å²) in [5, 5.41) is 0. The van der Waals surface area contributed by atoms with Crippen LogP contribution < -0.4 is 0 Å². The molecule has 0 aromatic heterocycles. The van der Waals surface area contributed by atoms with Crippen LogP contribution in [0.5, 0.6) is 0 Å². The number of halogens is 1. The minimum Gasteiger partial charge on any atom is -0.459 e. The molecule has 5 atom stereocenters. The highest BCUT2D eigenvalue weighted by molar-refractivity contribution is 9.09. The first-order valence-electron chi connectivity index (χ1n) is 6.61. The fraction of sp³-hybridized carbons (Fsp3) is 0.769. The number of amides is 2. The average molecular weight is 346 g/mol. The monoisotopic (exact) mass is 345 g/mol. The van der Waals surface area contributed by atoms with Crippen molar-refractivity contribution in [3.63, 3.8) is 0 Å². The van der Waals surface area contributed by atoms with Crippen molar-refractivity contribution in [3.05, 3.63) is 0 Å². The molecule has 1 saturated carbocycles. The number of nitrogens with zero attached hydrogens (tertiary/aromatic N) is 1. The number of alkyl halides is 1. The van der Waals surface area contributed by atoms with Gasteiger partial charge in [-0.25, -0.2) is 9.69 Å². The average Bonchev–Trinajstić information content (AvgIpc) is 2.55. The molecule has 4 aliphatic rings. The molecule has 3 aliphatic heterocycles. The van der Waals surface area contributed by atoms with E-state index in [1.165, 1.54) is 0 Å². The van der Waals surface area contributed by atoms with Gasteiger partial charge in [0.05, 0.1) is 22.7 Å². The van der Waals surface area contributed by atoms with Crippen LogP contribution in [0.25, 0.3) is 0 Å². The summed E-state index contributed by atoms with van der Waals surface area (Å²) in [5.41, 5.74) is -0.689. The van der Waals surface area contributed by atoms with Crippen molar-refractivity contribution in [2.45, 2.75) is 49.8 Å². The molecule has 4 fully saturated rings. The van der Waals surface area contributed by atoms with Crippen molar-refractivity contribution in [2.24, 2.45) is 11.8 Å². The molecule has 4 rings (SSSR count). The van der Waals surface area contributed by atoms with Crippen molar-refractivity contribution in [3.8, 4) is 0 Å². The van der Waals surface area contributed by atoms with Gasteiger partial charge in [0.25, 0.3) is 0 Å². The maximum Gasteiger partial charge on any atom is 0.417 e. The lowest BCUT2D eigenvalue weighted by Crippen LogP contribution is -2.66. The highest BCUT2D eigenvalue weighted by atomic mass is 79.9. The molecule has 4 bridgehead atoms. The molecular weight excluding hydrogens is 330 g/mol. The molecule has 2 amide bonds. The molecule has 7 heteroatoms. The van der Waals surface area contributed by atoms with Gasteiger partial charge in [0, 0.05) is 0 Å². The number of hydrogen-bond acceptors (Lipinski definition) is 5. The van der Waals surface area contributed by atoms with E-state index >= 15 is 0 Å². The van der Waals surface area contributed by atoms with Gasteiger partial charge in [0.2, 0.25) is 5.91 Å². The minimum absolute atomic E-state index is 0.221. The zero-order chi connectivity index (χ0) is 14.8. The van der Waals surface area contributed by atoms with Crippen LogP contribution in [0.4, 0.5) is 4.79 Å². The van der Waals surface area contributed by atoms with E-state index in [0.717, 1.165) is 4.90 Å². The van der Waals surface area contributed by atoms with E-state index in [2.05, 4.69) is 15.9 Å². The van der Waals surface area contributed by atoms with Crippen molar-refractivity contribution in [1.29, 1.82) is 0 Å². The third kappa shape index (κ3) is 1.86. The number of piperidine rings is 2. The third-order valence-corrected chi connectivity index (χ3v) is 5.11. The van der Waals surface area contributed by atoms with Crippen molar-refractivity contribution in [2.75, 3.05) is 0 Å². The highest BCUT2D eigenvalue weighted by Crippen LogP contribution is 2.49. The van der Waals surface area contributed by atoms with Crippen LogP contribution in [0.15, 0.2) is 0 Å². The van der Waals surface area contributed by atoms with E-state index in [-0.39, 0.29) is 16.7 Å². The van der Waals surface area contributed by atoms with Gasteiger partial charge in [-0.2, -0.15) is 0 Å². The van der Waals surface area contributed by atoms with Gasteiger partial charge in [-0.05, 0) is 27.2 Å². The zero-order valence-electron chi connectivity index (χ0n) is 11.5. The number of ether oxygens (including phenoxy) is 2. The van der Waals surface area contributed by atoms with Crippen LogP contribution in [0.1, 0.15) is 27.2 Å². The summed E-state index contributed by atoms with van der Waals surface area (Å²) < 4.78 is 10.6. The van der Waals surface area contributed by atoms with Crippen LogP contribution >= 0.6 is 15.9 Å². The summed E-state index contributed by atoms with van der Waals surface area (Å²) in [6, 6.07) is -0.542. The fourth-order valence-electron chi connectivity index (χ4n) is 3.19. The maximum atomic E-state index is 12.4. The second-order valence-corrected chi connectivity index (χ2v) is 7.53. The van der Waals surface area contributed by atoms with Gasteiger partial charge in [0.15, 0.2) is 0 Å². The number of rotatable bonds is 0. The predicted octanol–water partition coefficient (Wildman–Crippen LogP) is 1.46. The molecule has 110 valence electrons. The Kier molecular flexibility index (Phi) is 2.90. The SMILES string of the molecule is CC(C)(C)OC(=O)N1C(=O)[C@H]2C[C@@H]3C(=O)O[C@H]([C@H]2Br)[C@H]31. The zero-order valence-corrected chi connectivity index (χ0v) is 13.0. The summed E-state index contributed by atoms with van der Waals surface area (Å²) in [6.45, 7) is 5.21. The van der Waals surface area contributed by atoms with Crippen LogP contribution in [-0.2, 0) is 19.1 Å². The van der Waals surface area contributed by atoms with Gasteiger partial charge in [-0.15, -0.1) is 0 Å². The van der Waals surface area contributed by atoms with Crippen molar-refractivity contribution in [1.82, 2.24) is 4.90 Å². The topological polar surface area (TPSA) is 72.9 Å². The normalized spacial score (nSPS) is 39.0. The van der Waals surface area contributed by atoms with E-state index in [4.69, 9.17) is 9.47 Å². The fourth-order valence-corrected chi connectivity index (χ4v) is 4.06. The van der Waals surface area contributed by atoms with Crippen LogP contribution in [0.2, 0.25) is 0 Å². The Hall–Kier alpha value is -1.11. The van der Waals surface area contributed by atoms with Crippen molar-refractivity contribution < 1.29 is 23.9 Å². The second kappa shape index (κ2) is 4.19. The molecule has 6 nitrogen and oxygen atoms in total. The number of carbonyl (C=O) groups is 3. The number of esters is 1. The predicted molar refractivity (Wildman–Crippen MR) is 71.1 cm³/mol. The number of carbonyl (C=O) groups excluding carboxylic acids is 3. The quantitative estimate of drug-likeness (QED) is 0.490. The van der Waals surface area contributed by atoms with E-state index in [0.29, 0.717) is 6.42 Å². The van der Waals surface area contributed by atoms with Gasteiger partial charge >= 0.3 is 12.1 Å². The standard InChI is InChI=1S/C13H16BrNO5/c1-13(2,3)20-12(18)15-8-6-4-5(10(15)16)7(14)9(8)19-11(6)17/h5-9H,4H2,1-3H3/t5-,6-,7-,8-,9+/m0/s1. The van der Waals surface area contributed by atoms with Gasteiger partial charge < -0.3 is 9.47 Å². The molecule has 0 spiro atoms. The Morgan fingerprint density at radius 3 is 2.60 bits per heavy atom. The van der Waals surface area contributed by atoms with E-state index < -0.39 is 35.7 Å². The molecule has 3 heterocycles. The summed E-state index contributed by atoms with van der Waals surface area (Å²) >= 11 is 3.43. The summed E-state index contributed by atoms with van der Waals surface area (Å²) in [6.07, 6.45) is -0.713. The lowest BCUT2D eigenvalue weighted by Gasteiger charge is -2.47. The summed E-state index contributed by atoms with van der Waals surface area (Å²) in [7, 11) is 0. The van der Waals surface area contributed by atoms with Crippen LogP contribution in [-0.4, -0.2) is 45.4 Å². The molecule has 20 heavy (non-hydrogen) atoms. The Morgan fingerprint density at radius 2 is 2.00 bits per heavy atom. The van der Waals surface area contributed by atoms with E-state index in [1.807, 2.05) is 0 Å². The highest BCUT2D eigenvalue weighted by Gasteiger charge is 2.66. The smallest absolute Gasteiger partial charge is 0.417 e. The number of imide groups is 1. The van der Waals surface area contributed by atoms with Gasteiger partial charge in [-0.1, -0.05) is 15.9 Å². The Labute approximate surface area is 124 Å². The summed E-state index contributed by atoms with van der Waals surface area (Å²) in [4.78, 5) is 37.3. The van der Waals surface area contributed by atoms with Crippen LogP contribution in [0.3, 0.4) is 0 Å². The second-order valence-electron chi connectivity index (χ2n) is 6.47. The van der Waals surface area contributed by atoms with Gasteiger partial charge in [-0.3, -0.25) is 9.59 Å². The molecule has 0 radical (unpaired) electrons. The Bertz CT molecular complexity index is 499. The lowest BCUT2D eigenvalue weighted by atomic mass is 9.72. The Morgan fingerprint density at radius 1 is 1.35 bits per heavy atom. The first-order valence-corrected chi connectivity index (χ1v) is 7.53. The van der Waals surface area contributed by atoms with Gasteiger partial charge in [0.1, 0.15) is 11.7 Å². The van der Waals surface area contributed by atoms with E-state index in [9.17, 15) is 14.4 Å². The lowest BCUT2D eigenvalue weighted by molar-refractivity contribution is -0.150. The first kappa shape index (κ1) is 13.9. The molecule has 0 N–H and O–H groups in total. The van der Waals surface area contributed by atoms with E-state index in [1.54, 1.807) is 20.8 Å². The molecule has 0 unspecified atom stereocenters. The third-order valence-electron chi connectivity index (χ3n) is 3.95. The minimum atomic E-state index is -0.690. The first-order chi connectivity index (χ1) is 9.20.